The summed E-state index contributed by atoms with van der Waals surface area (Å²) < 4.78 is 96.8. The first-order valence-corrected chi connectivity index (χ1v) is 12.5. The molecule has 11 heteroatoms. The summed E-state index contributed by atoms with van der Waals surface area (Å²) in [6.45, 7) is -4.15. The number of carbonyl (C=O) groups excluding carboxylic acids is 1. The highest BCUT2D eigenvalue weighted by molar-refractivity contribution is 6.00. The van der Waals surface area contributed by atoms with Gasteiger partial charge in [0.15, 0.2) is 5.72 Å². The molecule has 214 valence electrons. The number of ether oxygens (including phenoxy) is 1. The van der Waals surface area contributed by atoms with E-state index in [4.69, 9.17) is 10.2 Å². The molecule has 2 aliphatic rings. The normalized spacial score (nSPS) is 21.8. The summed E-state index contributed by atoms with van der Waals surface area (Å²) in [6, 6.07) is 9.80. The lowest BCUT2D eigenvalue weighted by Crippen LogP contribution is -2.48. The first kappa shape index (κ1) is 23.8. The fourth-order valence-electron chi connectivity index (χ4n) is 4.71. The minimum Gasteiger partial charge on any atom is -0.396 e. The van der Waals surface area contributed by atoms with Crippen LogP contribution in [0.15, 0.2) is 54.7 Å². The van der Waals surface area contributed by atoms with E-state index in [0.717, 1.165) is 23.1 Å². The van der Waals surface area contributed by atoms with Gasteiger partial charge < -0.3 is 14.9 Å². The van der Waals surface area contributed by atoms with Gasteiger partial charge >= 0.3 is 6.18 Å². The molecule has 3 aromatic rings. The van der Waals surface area contributed by atoms with Crippen LogP contribution in [0.1, 0.15) is 76.0 Å². The Balaban J connectivity index is 1.82. The molecular formula is C30H27F4N3O4. The number of aliphatic hydroxyl groups is 2. The zero-order chi connectivity index (χ0) is 33.4. The van der Waals surface area contributed by atoms with Gasteiger partial charge in [0.05, 0.1) is 58.7 Å². The molecular weight excluding hydrogens is 542 g/mol. The largest absolute Gasteiger partial charge is 0.416 e. The summed E-state index contributed by atoms with van der Waals surface area (Å²) in [7, 11) is 0. The first-order valence-electron chi connectivity index (χ1n) is 14.5. The molecule has 1 fully saturated rings. The quantitative estimate of drug-likeness (QED) is 0.368. The van der Waals surface area contributed by atoms with Crippen LogP contribution in [-0.4, -0.2) is 39.1 Å². The highest BCUT2D eigenvalue weighted by Gasteiger charge is 2.56. The Morgan fingerprint density at radius 3 is 2.34 bits per heavy atom. The topological polar surface area (TPSA) is 107 Å². The van der Waals surface area contributed by atoms with Crippen molar-refractivity contribution in [3.8, 4) is 6.07 Å². The van der Waals surface area contributed by atoms with E-state index in [1.54, 1.807) is 0 Å². The fourth-order valence-corrected chi connectivity index (χ4v) is 4.71. The molecule has 1 atom stereocenters. The molecule has 0 radical (unpaired) electrons. The zero-order valence-corrected chi connectivity index (χ0v) is 21.9. The van der Waals surface area contributed by atoms with Crippen LogP contribution in [0.5, 0.6) is 0 Å². The van der Waals surface area contributed by atoms with E-state index in [1.807, 2.05) is 6.07 Å². The standard InChI is InChI=1S/C30H27F4N3O4/c1-27(2,40)21-11-23-25(24(31)12-21)29(41-17-28(16-38)9-10-28,19-4-6-20(7-5-19)30(32,33)34)37(26(23)39)15-22-8-3-18(13-35)14-36-22/h3-8,11-12,14,38,40H,9-10,15-17H2,1-2H3/t29-/m1/s1/i16D2,17D2. The van der Waals surface area contributed by atoms with E-state index in [2.05, 4.69) is 4.98 Å². The van der Waals surface area contributed by atoms with Crippen LogP contribution in [-0.2, 0) is 28.8 Å². The Bertz CT molecular complexity index is 1700. The molecule has 5 rings (SSSR count). The molecule has 7 nitrogen and oxygen atoms in total. The van der Waals surface area contributed by atoms with Gasteiger partial charge in [0.2, 0.25) is 0 Å². The molecule has 0 saturated heterocycles. The van der Waals surface area contributed by atoms with E-state index in [9.17, 15) is 33.4 Å². The number of pyridine rings is 1. The lowest BCUT2D eigenvalue weighted by molar-refractivity contribution is -0.138. The fraction of sp³-hybridized carbons (Fsp3) is 0.367. The molecule has 1 saturated carbocycles. The molecule has 0 bridgehead atoms. The summed E-state index contributed by atoms with van der Waals surface area (Å²) in [5, 5.41) is 30.1. The van der Waals surface area contributed by atoms with E-state index >= 15 is 4.39 Å². The Hall–Kier alpha value is -3.85. The minimum atomic E-state index is -4.78. The van der Waals surface area contributed by atoms with Crippen molar-refractivity contribution in [2.45, 2.75) is 50.7 Å². The summed E-state index contributed by atoms with van der Waals surface area (Å²) >= 11 is 0. The molecule has 1 aliphatic heterocycles. The van der Waals surface area contributed by atoms with Crippen molar-refractivity contribution < 1.29 is 42.8 Å². The second kappa shape index (κ2) is 9.91. The lowest BCUT2D eigenvalue weighted by atomic mass is 9.88. The molecule has 2 aromatic carbocycles. The average Bonchev–Trinajstić information content (AvgIpc) is 3.74. The monoisotopic (exact) mass is 573 g/mol. The molecule has 1 aliphatic carbocycles. The van der Waals surface area contributed by atoms with Gasteiger partial charge in [-0.3, -0.25) is 14.7 Å². The van der Waals surface area contributed by atoms with Crippen molar-refractivity contribution in [3.05, 3.63) is 99.6 Å². The van der Waals surface area contributed by atoms with Crippen LogP contribution in [0.2, 0.25) is 0 Å². The van der Waals surface area contributed by atoms with Crippen LogP contribution in [0, 0.1) is 22.6 Å². The van der Waals surface area contributed by atoms with Gasteiger partial charge in [-0.05, 0) is 68.7 Å². The summed E-state index contributed by atoms with van der Waals surface area (Å²) in [5.41, 5.74) is -8.67. The highest BCUT2D eigenvalue weighted by atomic mass is 19.4. The van der Waals surface area contributed by atoms with Gasteiger partial charge in [-0.2, -0.15) is 18.4 Å². The van der Waals surface area contributed by atoms with Gasteiger partial charge in [0.25, 0.3) is 5.91 Å². The van der Waals surface area contributed by atoms with Crippen molar-refractivity contribution in [1.82, 2.24) is 9.88 Å². The number of alkyl halides is 3. The predicted octanol–water partition coefficient (Wildman–Crippen LogP) is 4.98. The third-order valence-corrected chi connectivity index (χ3v) is 7.23. The molecule has 1 amide bonds. The Kier molecular flexibility index (Phi) is 5.75. The average molecular weight is 574 g/mol. The Morgan fingerprint density at radius 1 is 1.15 bits per heavy atom. The lowest BCUT2D eigenvalue weighted by Gasteiger charge is -2.40. The number of halogens is 4. The molecule has 0 spiro atoms. The Labute approximate surface area is 239 Å². The van der Waals surface area contributed by atoms with Gasteiger partial charge in [-0.15, -0.1) is 0 Å². The van der Waals surface area contributed by atoms with Crippen molar-refractivity contribution in [2.75, 3.05) is 13.1 Å². The van der Waals surface area contributed by atoms with Gasteiger partial charge in [-0.1, -0.05) is 12.1 Å². The maximum Gasteiger partial charge on any atom is 0.416 e. The second-order valence-corrected chi connectivity index (χ2v) is 10.6. The van der Waals surface area contributed by atoms with Crippen molar-refractivity contribution in [2.24, 2.45) is 5.41 Å². The van der Waals surface area contributed by atoms with Crippen molar-refractivity contribution >= 4 is 5.91 Å². The predicted molar refractivity (Wildman–Crippen MR) is 137 cm³/mol. The Morgan fingerprint density at radius 2 is 1.83 bits per heavy atom. The van der Waals surface area contributed by atoms with Gasteiger partial charge in [0, 0.05) is 17.2 Å². The molecule has 41 heavy (non-hydrogen) atoms. The van der Waals surface area contributed by atoms with Crippen molar-refractivity contribution in [1.29, 1.82) is 5.26 Å². The van der Waals surface area contributed by atoms with Gasteiger partial charge in [0.1, 0.15) is 11.9 Å². The van der Waals surface area contributed by atoms with Crippen LogP contribution >= 0.6 is 0 Å². The third kappa shape index (κ3) is 5.07. The third-order valence-electron chi connectivity index (χ3n) is 7.23. The first-order chi connectivity index (χ1) is 20.7. The molecule has 1 aromatic heterocycles. The van der Waals surface area contributed by atoms with Gasteiger partial charge in [-0.25, -0.2) is 4.39 Å². The number of rotatable bonds is 8. The van der Waals surface area contributed by atoms with Crippen LogP contribution in [0.25, 0.3) is 0 Å². The zero-order valence-electron chi connectivity index (χ0n) is 25.9. The van der Waals surface area contributed by atoms with Crippen LogP contribution in [0.4, 0.5) is 17.6 Å². The van der Waals surface area contributed by atoms with E-state index in [1.165, 1.54) is 38.2 Å². The number of fused-ring (bicyclic) bond motifs is 1. The second-order valence-electron chi connectivity index (χ2n) is 10.6. The number of hydrogen-bond donors (Lipinski definition) is 2. The number of hydrogen-bond acceptors (Lipinski definition) is 6. The summed E-state index contributed by atoms with van der Waals surface area (Å²) in [5.74, 6) is -2.13. The number of aromatic nitrogens is 1. The van der Waals surface area contributed by atoms with E-state index < -0.39 is 71.0 Å². The number of benzene rings is 2. The number of carbonyl (C=O) groups is 1. The summed E-state index contributed by atoms with van der Waals surface area (Å²) in [6.07, 6.45) is -4.00. The smallest absolute Gasteiger partial charge is 0.396 e. The SMILES string of the molecule is [2H]C([2H])(O)C1(C([2H])([2H])O[C@]2(c3ccc(C(F)(F)F)cc3)c3c(F)cc(C(C)(C)O)cc3C(=O)N2Cc2ccc(C#N)cn2)CC1. The highest BCUT2D eigenvalue weighted by Crippen LogP contribution is 2.52. The number of amides is 1. The molecule has 2 heterocycles. The number of nitriles is 1. The maximum absolute atomic E-state index is 16.4. The molecule has 2 N–H and O–H groups in total. The minimum absolute atomic E-state index is 0.0415. The van der Waals surface area contributed by atoms with Crippen LogP contribution < -0.4 is 0 Å². The van der Waals surface area contributed by atoms with E-state index in [0.29, 0.717) is 12.1 Å². The molecule has 0 unspecified atom stereocenters. The van der Waals surface area contributed by atoms with Crippen molar-refractivity contribution in [3.63, 3.8) is 0 Å². The van der Waals surface area contributed by atoms with E-state index in [-0.39, 0.29) is 35.2 Å². The number of nitrogens with zero attached hydrogens (tertiary/aromatic N) is 3. The maximum atomic E-state index is 16.4. The summed E-state index contributed by atoms with van der Waals surface area (Å²) in [4.78, 5) is 19.2. The van der Waals surface area contributed by atoms with Crippen LogP contribution in [0.3, 0.4) is 0 Å².